The van der Waals surface area contributed by atoms with Crippen LogP contribution in [0.15, 0.2) is 33.9 Å². The van der Waals surface area contributed by atoms with Crippen LogP contribution in [-0.2, 0) is 0 Å². The second-order valence-corrected chi connectivity index (χ2v) is 4.34. The second-order valence-electron chi connectivity index (χ2n) is 3.42. The Bertz CT molecular complexity index is 434. The molecule has 92 valence electrons. The third-order valence-electron chi connectivity index (χ3n) is 2.22. The summed E-state index contributed by atoms with van der Waals surface area (Å²) in [5.41, 5.74) is 5.95. The quantitative estimate of drug-likeness (QED) is 0.384. The van der Waals surface area contributed by atoms with Crippen molar-refractivity contribution >= 4 is 27.7 Å². The van der Waals surface area contributed by atoms with Crippen molar-refractivity contribution in [1.82, 2.24) is 4.90 Å². The first-order valence-electron chi connectivity index (χ1n) is 5.09. The van der Waals surface area contributed by atoms with E-state index in [2.05, 4.69) is 21.1 Å². The van der Waals surface area contributed by atoms with Gasteiger partial charge in [0.05, 0.1) is 6.54 Å². The first-order chi connectivity index (χ1) is 8.08. The van der Waals surface area contributed by atoms with Gasteiger partial charge in [-0.25, -0.2) is 0 Å². The highest BCUT2D eigenvalue weighted by Gasteiger charge is 2.15. The van der Waals surface area contributed by atoms with Gasteiger partial charge in [-0.15, -0.1) is 0 Å². The number of amidine groups is 1. The molecule has 3 N–H and O–H groups in total. The molecule has 0 aromatic heterocycles. The molecule has 0 bridgehead atoms. The van der Waals surface area contributed by atoms with Crippen molar-refractivity contribution < 1.29 is 10.0 Å². The average molecular weight is 300 g/mol. The van der Waals surface area contributed by atoms with E-state index in [0.29, 0.717) is 12.1 Å². The smallest absolute Gasteiger partial charge is 0.254 e. The Balaban J connectivity index is 2.86. The molecule has 0 unspecified atom stereocenters. The number of amides is 1. The highest BCUT2D eigenvalue weighted by atomic mass is 79.9. The van der Waals surface area contributed by atoms with E-state index in [1.54, 1.807) is 18.2 Å². The maximum Gasteiger partial charge on any atom is 0.254 e. The molecule has 0 saturated heterocycles. The molecule has 0 heterocycles. The van der Waals surface area contributed by atoms with Crippen molar-refractivity contribution in [1.29, 1.82) is 0 Å². The zero-order valence-corrected chi connectivity index (χ0v) is 11.0. The lowest BCUT2D eigenvalue weighted by Gasteiger charge is -2.20. The van der Waals surface area contributed by atoms with Crippen molar-refractivity contribution in [3.05, 3.63) is 34.3 Å². The van der Waals surface area contributed by atoms with Crippen LogP contribution in [0.5, 0.6) is 0 Å². The van der Waals surface area contributed by atoms with Crippen LogP contribution in [0.1, 0.15) is 17.3 Å². The molecule has 0 fully saturated rings. The van der Waals surface area contributed by atoms with Gasteiger partial charge in [0, 0.05) is 16.6 Å². The predicted molar refractivity (Wildman–Crippen MR) is 69.1 cm³/mol. The van der Waals surface area contributed by atoms with Gasteiger partial charge in [0.1, 0.15) is 0 Å². The molecule has 0 spiro atoms. The Hall–Kier alpha value is -1.56. The molecule has 1 amide bonds. The zero-order valence-electron chi connectivity index (χ0n) is 9.43. The Kier molecular flexibility index (Phi) is 4.96. The zero-order chi connectivity index (χ0) is 12.8. The molecule has 0 aliphatic carbocycles. The minimum Gasteiger partial charge on any atom is -0.409 e. The van der Waals surface area contributed by atoms with Crippen LogP contribution in [0.25, 0.3) is 0 Å². The molecule has 0 aliphatic heterocycles. The minimum atomic E-state index is -0.152. The molecule has 17 heavy (non-hydrogen) atoms. The van der Waals surface area contributed by atoms with Gasteiger partial charge in [-0.2, -0.15) is 0 Å². The number of carbonyl (C=O) groups is 1. The van der Waals surface area contributed by atoms with Gasteiger partial charge >= 0.3 is 0 Å². The SMILES string of the molecule is CCN(CC(N)=NO)C(=O)c1cccc(Br)c1. The normalized spacial score (nSPS) is 11.3. The van der Waals surface area contributed by atoms with Crippen molar-refractivity contribution in [3.8, 4) is 0 Å². The summed E-state index contributed by atoms with van der Waals surface area (Å²) in [5.74, 6) is -0.143. The van der Waals surface area contributed by atoms with Crippen molar-refractivity contribution in [2.24, 2.45) is 10.9 Å². The number of likely N-dealkylation sites (N-methyl/N-ethyl adjacent to an activating group) is 1. The second kappa shape index (κ2) is 6.24. The molecule has 6 heteroatoms. The van der Waals surface area contributed by atoms with E-state index >= 15 is 0 Å². The molecule has 5 nitrogen and oxygen atoms in total. The van der Waals surface area contributed by atoms with Gasteiger partial charge < -0.3 is 15.8 Å². The molecule has 1 aromatic carbocycles. The molecule has 1 rings (SSSR count). The summed E-state index contributed by atoms with van der Waals surface area (Å²) < 4.78 is 0.836. The van der Waals surface area contributed by atoms with E-state index in [4.69, 9.17) is 10.9 Å². The van der Waals surface area contributed by atoms with Crippen LogP contribution in [0.4, 0.5) is 0 Å². The highest BCUT2D eigenvalue weighted by molar-refractivity contribution is 9.10. The van der Waals surface area contributed by atoms with Gasteiger partial charge in [0.25, 0.3) is 5.91 Å². The number of halogens is 1. The fraction of sp³-hybridized carbons (Fsp3) is 0.273. The van der Waals surface area contributed by atoms with Gasteiger partial charge in [0.2, 0.25) is 0 Å². The van der Waals surface area contributed by atoms with Gasteiger partial charge in [-0.05, 0) is 25.1 Å². The first kappa shape index (κ1) is 13.5. The maximum absolute atomic E-state index is 12.1. The molecule has 0 radical (unpaired) electrons. The van der Waals surface area contributed by atoms with Crippen LogP contribution < -0.4 is 5.73 Å². The summed E-state index contributed by atoms with van der Waals surface area (Å²) in [4.78, 5) is 13.6. The summed E-state index contributed by atoms with van der Waals surface area (Å²) in [6, 6.07) is 7.09. The van der Waals surface area contributed by atoms with E-state index in [1.807, 2.05) is 13.0 Å². The third-order valence-corrected chi connectivity index (χ3v) is 2.72. The summed E-state index contributed by atoms with van der Waals surface area (Å²) in [5, 5.41) is 11.4. The molecule has 0 atom stereocenters. The largest absolute Gasteiger partial charge is 0.409 e. The standard InChI is InChI=1S/C11H14BrN3O2/c1-2-15(7-10(13)14-17)11(16)8-4-3-5-9(12)6-8/h3-6,17H,2,7H2,1H3,(H2,13,14). The molecule has 0 saturated carbocycles. The van der Waals surface area contributed by atoms with Gasteiger partial charge in [-0.3, -0.25) is 4.79 Å². The number of oxime groups is 1. The van der Waals surface area contributed by atoms with Crippen LogP contribution >= 0.6 is 15.9 Å². The van der Waals surface area contributed by atoms with Crippen molar-refractivity contribution in [3.63, 3.8) is 0 Å². The predicted octanol–water partition coefficient (Wildman–Crippen LogP) is 1.66. The van der Waals surface area contributed by atoms with Crippen molar-refractivity contribution in [2.75, 3.05) is 13.1 Å². The number of nitrogens with two attached hydrogens (primary N) is 1. The Morgan fingerprint density at radius 2 is 2.29 bits per heavy atom. The summed E-state index contributed by atoms with van der Waals surface area (Å²) in [7, 11) is 0. The fourth-order valence-corrected chi connectivity index (χ4v) is 1.76. The lowest BCUT2D eigenvalue weighted by atomic mass is 10.2. The number of rotatable bonds is 4. The lowest BCUT2D eigenvalue weighted by Crippen LogP contribution is -2.38. The number of benzene rings is 1. The van der Waals surface area contributed by atoms with E-state index < -0.39 is 0 Å². The van der Waals surface area contributed by atoms with Gasteiger partial charge in [-0.1, -0.05) is 27.2 Å². The highest BCUT2D eigenvalue weighted by Crippen LogP contribution is 2.13. The summed E-state index contributed by atoms with van der Waals surface area (Å²) in [6.07, 6.45) is 0. The van der Waals surface area contributed by atoms with E-state index in [0.717, 1.165) is 4.47 Å². The van der Waals surface area contributed by atoms with Gasteiger partial charge in [0.15, 0.2) is 5.84 Å². The van der Waals surface area contributed by atoms with E-state index in [-0.39, 0.29) is 18.3 Å². The van der Waals surface area contributed by atoms with Crippen LogP contribution in [0, 0.1) is 0 Å². The number of carbonyl (C=O) groups excluding carboxylic acids is 1. The van der Waals surface area contributed by atoms with Crippen LogP contribution in [-0.4, -0.2) is 34.9 Å². The summed E-state index contributed by atoms with van der Waals surface area (Å²) in [6.45, 7) is 2.43. The lowest BCUT2D eigenvalue weighted by molar-refractivity contribution is 0.0786. The molecular formula is C11H14BrN3O2. The van der Waals surface area contributed by atoms with E-state index in [9.17, 15) is 4.79 Å². The fourth-order valence-electron chi connectivity index (χ4n) is 1.36. The number of nitrogens with zero attached hydrogens (tertiary/aromatic N) is 2. The van der Waals surface area contributed by atoms with Crippen molar-refractivity contribution in [2.45, 2.75) is 6.92 Å². The topological polar surface area (TPSA) is 78.9 Å². The average Bonchev–Trinajstić information content (AvgIpc) is 2.34. The molecular weight excluding hydrogens is 286 g/mol. The Morgan fingerprint density at radius 1 is 1.59 bits per heavy atom. The number of hydrogen-bond acceptors (Lipinski definition) is 3. The molecule has 0 aliphatic rings. The summed E-state index contributed by atoms with van der Waals surface area (Å²) >= 11 is 3.31. The first-order valence-corrected chi connectivity index (χ1v) is 5.89. The van der Waals surface area contributed by atoms with Crippen LogP contribution in [0.2, 0.25) is 0 Å². The maximum atomic E-state index is 12.1. The monoisotopic (exact) mass is 299 g/mol. The number of hydrogen-bond donors (Lipinski definition) is 2. The van der Waals surface area contributed by atoms with E-state index in [1.165, 1.54) is 4.90 Å². The molecule has 1 aromatic rings. The van der Waals surface area contributed by atoms with Crippen LogP contribution in [0.3, 0.4) is 0 Å². The third kappa shape index (κ3) is 3.74. The Morgan fingerprint density at radius 3 is 2.82 bits per heavy atom. The minimum absolute atomic E-state index is 0.00944. The Labute approximate surface area is 108 Å².